The third-order valence-corrected chi connectivity index (χ3v) is 4.54. The number of carbonyl (C=O) groups is 2. The number of ether oxygens (including phenoxy) is 2. The molecule has 0 bridgehead atoms. The Morgan fingerprint density at radius 1 is 1.16 bits per heavy atom. The highest BCUT2D eigenvalue weighted by molar-refractivity contribution is 9.10. The summed E-state index contributed by atoms with van der Waals surface area (Å²) >= 11 is 3.47. The summed E-state index contributed by atoms with van der Waals surface area (Å²) in [5.74, 6) is -0.681. The van der Waals surface area contributed by atoms with Gasteiger partial charge in [0.15, 0.2) is 11.5 Å². The first-order chi connectivity index (χ1) is 14.9. The Morgan fingerprint density at radius 3 is 2.65 bits per heavy atom. The molecule has 2 aromatic rings. The van der Waals surface area contributed by atoms with Crippen molar-refractivity contribution in [2.45, 2.75) is 33.1 Å². The van der Waals surface area contributed by atoms with E-state index in [2.05, 4.69) is 38.7 Å². The number of halogens is 2. The van der Waals surface area contributed by atoms with Crippen molar-refractivity contribution in [3.05, 3.63) is 52.3 Å². The Labute approximate surface area is 189 Å². The SMILES string of the molecule is CCCCOc1c(Br)cc(C=NNC(=O)CC(=O)Nc2ccccc2F)cc1OCC. The molecule has 0 aliphatic carbocycles. The topological polar surface area (TPSA) is 89.0 Å². The number of para-hydroxylation sites is 1. The fraction of sp³-hybridized carbons (Fsp3) is 0.318. The Hall–Kier alpha value is -2.94. The fourth-order valence-electron chi connectivity index (χ4n) is 2.51. The summed E-state index contributed by atoms with van der Waals surface area (Å²) in [4.78, 5) is 23.8. The normalized spacial score (nSPS) is 10.7. The Morgan fingerprint density at radius 2 is 1.94 bits per heavy atom. The summed E-state index contributed by atoms with van der Waals surface area (Å²) in [6, 6.07) is 9.24. The van der Waals surface area contributed by atoms with Gasteiger partial charge in [0.25, 0.3) is 0 Å². The molecule has 0 atom stereocenters. The average Bonchev–Trinajstić information content (AvgIpc) is 2.72. The summed E-state index contributed by atoms with van der Waals surface area (Å²) < 4.78 is 25.7. The number of hydrazone groups is 1. The molecule has 0 aliphatic heterocycles. The molecular formula is C22H25BrFN3O4. The molecule has 0 fully saturated rings. The van der Waals surface area contributed by atoms with Gasteiger partial charge in [0.2, 0.25) is 11.8 Å². The predicted molar refractivity (Wildman–Crippen MR) is 121 cm³/mol. The number of unbranched alkanes of at least 4 members (excludes halogenated alkanes) is 1. The average molecular weight is 494 g/mol. The molecule has 0 radical (unpaired) electrons. The smallest absolute Gasteiger partial charge is 0.249 e. The number of nitrogens with zero attached hydrogens (tertiary/aromatic N) is 1. The molecule has 0 unspecified atom stereocenters. The van der Waals surface area contributed by atoms with E-state index in [0.29, 0.717) is 34.7 Å². The lowest BCUT2D eigenvalue weighted by Crippen LogP contribution is -2.24. The highest BCUT2D eigenvalue weighted by Crippen LogP contribution is 2.36. The lowest BCUT2D eigenvalue weighted by atomic mass is 10.2. The van der Waals surface area contributed by atoms with E-state index in [4.69, 9.17) is 9.47 Å². The van der Waals surface area contributed by atoms with Gasteiger partial charge in [0.1, 0.15) is 12.2 Å². The number of hydrogen-bond acceptors (Lipinski definition) is 5. The van der Waals surface area contributed by atoms with Gasteiger partial charge < -0.3 is 14.8 Å². The molecule has 2 aromatic carbocycles. The van der Waals surface area contributed by atoms with Crippen LogP contribution in [0.5, 0.6) is 11.5 Å². The molecule has 2 N–H and O–H groups in total. The van der Waals surface area contributed by atoms with Crippen LogP contribution in [0.3, 0.4) is 0 Å². The van der Waals surface area contributed by atoms with Crippen molar-refractivity contribution < 1.29 is 23.5 Å². The molecule has 7 nitrogen and oxygen atoms in total. The van der Waals surface area contributed by atoms with Crippen LogP contribution < -0.4 is 20.2 Å². The molecule has 0 aromatic heterocycles. The molecule has 0 spiro atoms. The van der Waals surface area contributed by atoms with Gasteiger partial charge in [-0.25, -0.2) is 9.82 Å². The van der Waals surface area contributed by atoms with Crippen molar-refractivity contribution >= 4 is 39.6 Å². The second kappa shape index (κ2) is 12.7. The molecule has 166 valence electrons. The fourth-order valence-corrected chi connectivity index (χ4v) is 3.08. The number of carbonyl (C=O) groups excluding carboxylic acids is 2. The van der Waals surface area contributed by atoms with E-state index >= 15 is 0 Å². The Bertz CT molecular complexity index is 937. The third-order valence-electron chi connectivity index (χ3n) is 3.95. The summed E-state index contributed by atoms with van der Waals surface area (Å²) in [5.41, 5.74) is 2.95. The molecule has 9 heteroatoms. The number of anilines is 1. The van der Waals surface area contributed by atoms with Gasteiger partial charge in [0, 0.05) is 0 Å². The van der Waals surface area contributed by atoms with Crippen molar-refractivity contribution in [1.29, 1.82) is 0 Å². The second-order valence-corrected chi connectivity index (χ2v) is 7.32. The molecule has 0 saturated heterocycles. The van der Waals surface area contributed by atoms with Crippen LogP contribution in [0.25, 0.3) is 0 Å². The van der Waals surface area contributed by atoms with Crippen molar-refractivity contribution in [2.24, 2.45) is 5.10 Å². The Balaban J connectivity index is 1.95. The van der Waals surface area contributed by atoms with Crippen LogP contribution in [-0.2, 0) is 9.59 Å². The monoisotopic (exact) mass is 493 g/mol. The molecular weight excluding hydrogens is 469 g/mol. The number of hydrogen-bond donors (Lipinski definition) is 2. The van der Waals surface area contributed by atoms with Crippen molar-refractivity contribution in [3.63, 3.8) is 0 Å². The van der Waals surface area contributed by atoms with Crippen LogP contribution in [0.4, 0.5) is 10.1 Å². The van der Waals surface area contributed by atoms with Crippen molar-refractivity contribution in [2.75, 3.05) is 18.5 Å². The maximum absolute atomic E-state index is 13.6. The van der Waals surface area contributed by atoms with Gasteiger partial charge in [0.05, 0.1) is 29.6 Å². The lowest BCUT2D eigenvalue weighted by Gasteiger charge is -2.14. The van der Waals surface area contributed by atoms with Crippen LogP contribution in [0, 0.1) is 5.82 Å². The van der Waals surface area contributed by atoms with Crippen LogP contribution in [0.15, 0.2) is 46.0 Å². The van der Waals surface area contributed by atoms with Gasteiger partial charge in [-0.05, 0) is 59.1 Å². The van der Waals surface area contributed by atoms with Crippen molar-refractivity contribution in [3.8, 4) is 11.5 Å². The van der Waals surface area contributed by atoms with E-state index in [0.717, 1.165) is 12.8 Å². The first kappa shape index (κ1) is 24.3. The van der Waals surface area contributed by atoms with Crippen LogP contribution in [0.2, 0.25) is 0 Å². The van der Waals surface area contributed by atoms with Gasteiger partial charge in [-0.1, -0.05) is 25.5 Å². The highest BCUT2D eigenvalue weighted by Gasteiger charge is 2.13. The zero-order valence-corrected chi connectivity index (χ0v) is 19.0. The third kappa shape index (κ3) is 8.01. The van der Waals surface area contributed by atoms with Gasteiger partial charge in [-0.2, -0.15) is 5.10 Å². The van der Waals surface area contributed by atoms with E-state index in [1.165, 1.54) is 24.4 Å². The molecule has 2 amide bonds. The summed E-state index contributed by atoms with van der Waals surface area (Å²) in [5, 5.41) is 6.21. The molecule has 0 heterocycles. The summed E-state index contributed by atoms with van der Waals surface area (Å²) in [6.45, 7) is 5.00. The van der Waals surface area contributed by atoms with Crippen LogP contribution in [0.1, 0.15) is 38.7 Å². The molecule has 31 heavy (non-hydrogen) atoms. The maximum atomic E-state index is 13.6. The molecule has 0 aliphatic rings. The van der Waals surface area contributed by atoms with E-state index in [9.17, 15) is 14.0 Å². The number of nitrogens with one attached hydrogen (secondary N) is 2. The van der Waals surface area contributed by atoms with E-state index in [1.54, 1.807) is 18.2 Å². The van der Waals surface area contributed by atoms with Crippen LogP contribution >= 0.6 is 15.9 Å². The van der Waals surface area contributed by atoms with Crippen molar-refractivity contribution in [1.82, 2.24) is 5.43 Å². The van der Waals surface area contributed by atoms with E-state index in [1.807, 2.05) is 6.92 Å². The van der Waals surface area contributed by atoms with Crippen LogP contribution in [-0.4, -0.2) is 31.2 Å². The predicted octanol–water partition coefficient (Wildman–Crippen LogP) is 4.64. The minimum atomic E-state index is -0.646. The largest absolute Gasteiger partial charge is 0.490 e. The minimum absolute atomic E-state index is 0.0124. The Kier molecular flexibility index (Phi) is 9.96. The highest BCUT2D eigenvalue weighted by atomic mass is 79.9. The van der Waals surface area contributed by atoms with Gasteiger partial charge in [-0.15, -0.1) is 0 Å². The van der Waals surface area contributed by atoms with E-state index in [-0.39, 0.29) is 5.69 Å². The molecule has 2 rings (SSSR count). The number of rotatable bonds is 11. The quantitative estimate of drug-likeness (QED) is 0.206. The van der Waals surface area contributed by atoms with E-state index < -0.39 is 24.1 Å². The molecule has 0 saturated carbocycles. The minimum Gasteiger partial charge on any atom is -0.490 e. The maximum Gasteiger partial charge on any atom is 0.249 e. The summed E-state index contributed by atoms with van der Waals surface area (Å²) in [7, 11) is 0. The zero-order chi connectivity index (χ0) is 22.6. The lowest BCUT2D eigenvalue weighted by molar-refractivity contribution is -0.126. The standard InChI is InChI=1S/C22H25BrFN3O4/c1-3-5-10-31-22-16(23)11-15(12-19(22)30-4-2)14-25-27-21(29)13-20(28)26-18-9-7-6-8-17(18)24/h6-9,11-12,14H,3-5,10,13H2,1-2H3,(H,26,28)(H,27,29). The number of amides is 2. The second-order valence-electron chi connectivity index (χ2n) is 6.46. The zero-order valence-electron chi connectivity index (χ0n) is 17.4. The first-order valence-corrected chi connectivity index (χ1v) is 10.7. The summed E-state index contributed by atoms with van der Waals surface area (Å²) in [6.07, 6.45) is 2.88. The van der Waals surface area contributed by atoms with Gasteiger partial charge in [-0.3, -0.25) is 9.59 Å². The van der Waals surface area contributed by atoms with Gasteiger partial charge >= 0.3 is 0 Å². The number of benzene rings is 2. The first-order valence-electron chi connectivity index (χ1n) is 9.90.